The van der Waals surface area contributed by atoms with E-state index in [4.69, 9.17) is 10.00 Å². The van der Waals surface area contributed by atoms with Crippen LogP contribution in [0.25, 0.3) is 0 Å². The second kappa shape index (κ2) is 7.38. The van der Waals surface area contributed by atoms with Crippen LogP contribution in [0.5, 0.6) is 0 Å². The van der Waals surface area contributed by atoms with Crippen LogP contribution >= 0.6 is 0 Å². The normalized spacial score (nSPS) is 9.92. The average molecular weight is 326 g/mol. The van der Waals surface area contributed by atoms with Gasteiger partial charge >= 0.3 is 5.97 Å². The van der Waals surface area contributed by atoms with Gasteiger partial charge in [-0.2, -0.15) is 5.26 Å². The highest BCUT2D eigenvalue weighted by Crippen LogP contribution is 2.18. The highest BCUT2D eigenvalue weighted by molar-refractivity contribution is 5.97. The van der Waals surface area contributed by atoms with Gasteiger partial charge in [0, 0.05) is 0 Å². The first-order chi connectivity index (χ1) is 11.4. The Kier molecular flexibility index (Phi) is 5.27. The minimum absolute atomic E-state index is 0.0179. The molecule has 2 rings (SSSR count). The minimum Gasteiger partial charge on any atom is -0.452 e. The van der Waals surface area contributed by atoms with E-state index < -0.39 is 24.3 Å². The Morgan fingerprint density at radius 2 is 1.83 bits per heavy atom. The SMILES string of the molecule is Cc1cc(C#N)cc(C)c1C(=O)OCC(=O)Nc1ccccc1F. The third-order valence-corrected chi connectivity index (χ3v) is 3.35. The van der Waals surface area contributed by atoms with Gasteiger partial charge in [0.15, 0.2) is 6.61 Å². The Bertz CT molecular complexity index is 817. The molecule has 0 bridgehead atoms. The molecule has 0 aliphatic rings. The first kappa shape index (κ1) is 17.2. The molecule has 0 saturated heterocycles. The number of amides is 1. The number of rotatable bonds is 4. The molecule has 1 N–H and O–H groups in total. The first-order valence-electron chi connectivity index (χ1n) is 7.15. The number of carbonyl (C=O) groups excluding carboxylic acids is 2. The maximum atomic E-state index is 13.4. The van der Waals surface area contributed by atoms with E-state index >= 15 is 0 Å². The summed E-state index contributed by atoms with van der Waals surface area (Å²) in [5, 5.41) is 11.2. The molecule has 0 aliphatic heterocycles. The quantitative estimate of drug-likeness (QED) is 0.876. The molecule has 0 atom stereocenters. The van der Waals surface area contributed by atoms with E-state index in [0.717, 1.165) is 0 Å². The van der Waals surface area contributed by atoms with E-state index in [-0.39, 0.29) is 5.69 Å². The van der Waals surface area contributed by atoms with Crippen LogP contribution in [-0.4, -0.2) is 18.5 Å². The summed E-state index contributed by atoms with van der Waals surface area (Å²) in [5.41, 5.74) is 1.95. The van der Waals surface area contributed by atoms with Gasteiger partial charge in [0.05, 0.1) is 22.9 Å². The molecule has 0 radical (unpaired) electrons. The van der Waals surface area contributed by atoms with Gasteiger partial charge in [-0.3, -0.25) is 4.79 Å². The Balaban J connectivity index is 2.02. The van der Waals surface area contributed by atoms with Crippen molar-refractivity contribution in [1.82, 2.24) is 0 Å². The number of halogens is 1. The molecule has 0 heterocycles. The van der Waals surface area contributed by atoms with Gasteiger partial charge in [0.25, 0.3) is 5.91 Å². The smallest absolute Gasteiger partial charge is 0.339 e. The van der Waals surface area contributed by atoms with E-state index in [1.165, 1.54) is 18.2 Å². The number of carbonyl (C=O) groups is 2. The lowest BCUT2D eigenvalue weighted by molar-refractivity contribution is -0.119. The number of aryl methyl sites for hydroxylation is 2. The van der Waals surface area contributed by atoms with Crippen LogP contribution in [0.1, 0.15) is 27.0 Å². The van der Waals surface area contributed by atoms with Crippen molar-refractivity contribution in [2.45, 2.75) is 13.8 Å². The topological polar surface area (TPSA) is 79.2 Å². The van der Waals surface area contributed by atoms with Crippen molar-refractivity contribution in [3.05, 3.63) is 64.5 Å². The van der Waals surface area contributed by atoms with Crippen LogP contribution < -0.4 is 5.32 Å². The van der Waals surface area contributed by atoms with Gasteiger partial charge in [-0.25, -0.2) is 9.18 Å². The van der Waals surface area contributed by atoms with Crippen LogP contribution in [-0.2, 0) is 9.53 Å². The monoisotopic (exact) mass is 326 g/mol. The van der Waals surface area contributed by atoms with E-state index in [1.54, 1.807) is 32.0 Å². The molecule has 122 valence electrons. The van der Waals surface area contributed by atoms with Gasteiger partial charge in [-0.05, 0) is 49.2 Å². The second-order valence-electron chi connectivity index (χ2n) is 5.20. The van der Waals surface area contributed by atoms with Crippen LogP contribution in [0.2, 0.25) is 0 Å². The van der Waals surface area contributed by atoms with Gasteiger partial charge < -0.3 is 10.1 Å². The number of anilines is 1. The zero-order chi connectivity index (χ0) is 17.7. The number of nitrogens with zero attached hydrogens (tertiary/aromatic N) is 1. The molecule has 0 spiro atoms. The molecule has 6 heteroatoms. The molecule has 24 heavy (non-hydrogen) atoms. The van der Waals surface area contributed by atoms with Crippen LogP contribution in [0, 0.1) is 31.0 Å². The molecule has 0 aromatic heterocycles. The predicted octanol–water partition coefficient (Wildman–Crippen LogP) is 3.11. The standard InChI is InChI=1S/C18H15FN2O3/c1-11-7-13(9-20)8-12(2)17(11)18(23)24-10-16(22)21-15-6-4-3-5-14(15)19/h3-8H,10H2,1-2H3,(H,21,22). The third kappa shape index (κ3) is 3.96. The molecule has 0 unspecified atom stereocenters. The molecule has 2 aromatic carbocycles. The number of nitrogens with one attached hydrogen (secondary N) is 1. The summed E-state index contributed by atoms with van der Waals surface area (Å²) in [6, 6.07) is 10.8. The minimum atomic E-state index is -0.668. The van der Waals surface area contributed by atoms with E-state index in [1.807, 2.05) is 6.07 Å². The van der Waals surface area contributed by atoms with Gasteiger partial charge in [0.2, 0.25) is 0 Å². The lowest BCUT2D eigenvalue weighted by Gasteiger charge is -2.11. The number of ether oxygens (including phenoxy) is 1. The second-order valence-corrected chi connectivity index (χ2v) is 5.20. The number of hydrogen-bond donors (Lipinski definition) is 1. The van der Waals surface area contributed by atoms with Crippen molar-refractivity contribution in [2.75, 3.05) is 11.9 Å². The maximum absolute atomic E-state index is 13.4. The molecular weight excluding hydrogens is 311 g/mol. The van der Waals surface area contributed by atoms with Crippen molar-refractivity contribution >= 4 is 17.6 Å². The molecule has 0 fully saturated rings. The van der Waals surface area contributed by atoms with E-state index in [2.05, 4.69) is 5.32 Å². The highest BCUT2D eigenvalue weighted by atomic mass is 19.1. The number of hydrogen-bond acceptors (Lipinski definition) is 4. The Hall–Kier alpha value is -3.20. The maximum Gasteiger partial charge on any atom is 0.339 e. The largest absolute Gasteiger partial charge is 0.452 e. The predicted molar refractivity (Wildman–Crippen MR) is 85.9 cm³/mol. The zero-order valence-electron chi connectivity index (χ0n) is 13.2. The summed E-state index contributed by atoms with van der Waals surface area (Å²) in [6.45, 7) is 2.83. The van der Waals surface area contributed by atoms with Gasteiger partial charge in [-0.15, -0.1) is 0 Å². The molecule has 1 amide bonds. The average Bonchev–Trinajstić information content (AvgIpc) is 2.54. The number of benzene rings is 2. The number of nitriles is 1. The Morgan fingerprint density at radius 3 is 2.42 bits per heavy atom. The number of para-hydroxylation sites is 1. The first-order valence-corrected chi connectivity index (χ1v) is 7.15. The Labute approximate surface area is 138 Å². The molecule has 5 nitrogen and oxygen atoms in total. The highest BCUT2D eigenvalue weighted by Gasteiger charge is 2.16. The van der Waals surface area contributed by atoms with E-state index in [0.29, 0.717) is 22.3 Å². The van der Waals surface area contributed by atoms with Crippen LogP contribution in [0.4, 0.5) is 10.1 Å². The number of esters is 1. The zero-order valence-corrected chi connectivity index (χ0v) is 13.2. The Morgan fingerprint density at radius 1 is 1.21 bits per heavy atom. The summed E-state index contributed by atoms with van der Waals surface area (Å²) in [5.74, 6) is -1.88. The fourth-order valence-corrected chi connectivity index (χ4v) is 2.30. The van der Waals surface area contributed by atoms with Crippen LogP contribution in [0.15, 0.2) is 36.4 Å². The summed E-state index contributed by atoms with van der Waals surface area (Å²) >= 11 is 0. The van der Waals surface area contributed by atoms with E-state index in [9.17, 15) is 14.0 Å². The van der Waals surface area contributed by atoms with Gasteiger partial charge in [0.1, 0.15) is 5.82 Å². The van der Waals surface area contributed by atoms with Crippen molar-refractivity contribution < 1.29 is 18.7 Å². The summed E-state index contributed by atoms with van der Waals surface area (Å²) in [6.07, 6.45) is 0. The lowest BCUT2D eigenvalue weighted by Crippen LogP contribution is -2.22. The van der Waals surface area contributed by atoms with Crippen molar-refractivity contribution in [3.8, 4) is 6.07 Å². The van der Waals surface area contributed by atoms with Crippen molar-refractivity contribution in [3.63, 3.8) is 0 Å². The fourth-order valence-electron chi connectivity index (χ4n) is 2.30. The van der Waals surface area contributed by atoms with Crippen molar-refractivity contribution in [2.24, 2.45) is 0 Å². The van der Waals surface area contributed by atoms with Crippen molar-refractivity contribution in [1.29, 1.82) is 5.26 Å². The summed E-state index contributed by atoms with van der Waals surface area (Å²) in [4.78, 5) is 23.9. The van der Waals surface area contributed by atoms with Crippen LogP contribution in [0.3, 0.4) is 0 Å². The van der Waals surface area contributed by atoms with Gasteiger partial charge in [-0.1, -0.05) is 12.1 Å². The fraction of sp³-hybridized carbons (Fsp3) is 0.167. The summed E-state index contributed by atoms with van der Waals surface area (Å²) in [7, 11) is 0. The third-order valence-electron chi connectivity index (χ3n) is 3.35. The molecule has 0 aliphatic carbocycles. The molecular formula is C18H15FN2O3. The molecule has 2 aromatic rings. The summed E-state index contributed by atoms with van der Waals surface area (Å²) < 4.78 is 18.4. The molecule has 0 saturated carbocycles. The lowest BCUT2D eigenvalue weighted by atomic mass is 10.00.